The largest absolute Gasteiger partial charge is 0.387 e. The fourth-order valence-corrected chi connectivity index (χ4v) is 4.42. The number of nitrogens with zero attached hydrogens (tertiary/aromatic N) is 4. The minimum absolute atomic E-state index is 0.215. The number of aromatic nitrogens is 4. The van der Waals surface area contributed by atoms with Gasteiger partial charge in [-0.2, -0.15) is 0 Å². The van der Waals surface area contributed by atoms with E-state index in [0.29, 0.717) is 22.9 Å². The van der Waals surface area contributed by atoms with Gasteiger partial charge in [0, 0.05) is 12.3 Å². The lowest BCUT2D eigenvalue weighted by molar-refractivity contribution is -0.137. The molecule has 0 aliphatic carbocycles. The van der Waals surface area contributed by atoms with E-state index in [2.05, 4.69) is 32.4 Å². The Morgan fingerprint density at radius 2 is 2.03 bits per heavy atom. The maximum atomic E-state index is 12.2. The molecule has 10 nitrogen and oxygen atoms in total. The van der Waals surface area contributed by atoms with E-state index in [-0.39, 0.29) is 5.82 Å². The summed E-state index contributed by atoms with van der Waals surface area (Å²) < 4.78 is 7.16. The van der Waals surface area contributed by atoms with Crippen molar-refractivity contribution in [3.05, 3.63) is 42.2 Å². The molecule has 1 aliphatic heterocycles. The Morgan fingerprint density at radius 1 is 1.25 bits per heavy atom. The maximum Gasteiger partial charge on any atom is 0.252 e. The zero-order valence-corrected chi connectivity index (χ0v) is 18.4. The Kier molecular flexibility index (Phi) is 6.89. The normalized spacial score (nSPS) is 23.0. The van der Waals surface area contributed by atoms with E-state index in [4.69, 9.17) is 10.5 Å². The van der Waals surface area contributed by atoms with Crippen LogP contribution >= 0.6 is 11.8 Å². The molecule has 2 aromatic heterocycles. The van der Waals surface area contributed by atoms with Crippen molar-refractivity contribution in [3.8, 4) is 0 Å². The van der Waals surface area contributed by atoms with Gasteiger partial charge in [-0.1, -0.05) is 42.1 Å². The lowest BCUT2D eigenvalue weighted by atomic mass is 10.1. The highest BCUT2D eigenvalue weighted by molar-refractivity contribution is 7.99. The minimum Gasteiger partial charge on any atom is -0.387 e. The van der Waals surface area contributed by atoms with Crippen LogP contribution in [0.4, 0.5) is 5.82 Å². The van der Waals surface area contributed by atoms with Gasteiger partial charge in [0.15, 0.2) is 29.0 Å². The molecular formula is C21H26N6O4S. The molecule has 0 bridgehead atoms. The average molecular weight is 459 g/mol. The highest BCUT2D eigenvalue weighted by atomic mass is 32.2. The van der Waals surface area contributed by atoms with Crippen LogP contribution in [0.1, 0.15) is 25.1 Å². The van der Waals surface area contributed by atoms with Crippen molar-refractivity contribution in [1.82, 2.24) is 24.8 Å². The first kappa shape index (κ1) is 22.5. The Morgan fingerprint density at radius 3 is 2.78 bits per heavy atom. The fraction of sp³-hybridized carbons (Fsp3) is 0.429. The summed E-state index contributed by atoms with van der Waals surface area (Å²) in [5, 5.41) is 23.9. The van der Waals surface area contributed by atoms with Gasteiger partial charge in [0.05, 0.1) is 6.33 Å². The molecule has 11 heteroatoms. The van der Waals surface area contributed by atoms with Gasteiger partial charge in [-0.05, 0) is 25.3 Å². The van der Waals surface area contributed by atoms with E-state index < -0.39 is 30.4 Å². The van der Waals surface area contributed by atoms with E-state index in [1.54, 1.807) is 6.92 Å². The number of hydrogen-bond donors (Lipinski definition) is 4. The lowest BCUT2D eigenvalue weighted by Gasteiger charge is -2.16. The third-order valence-corrected chi connectivity index (χ3v) is 6.17. The Hall–Kier alpha value is -2.73. The van der Waals surface area contributed by atoms with Crippen LogP contribution in [0.15, 0.2) is 41.8 Å². The second-order valence-corrected chi connectivity index (χ2v) is 8.54. The number of fused-ring (bicyclic) bond motifs is 1. The summed E-state index contributed by atoms with van der Waals surface area (Å²) in [5.41, 5.74) is 8.09. The number of benzene rings is 1. The molecule has 32 heavy (non-hydrogen) atoms. The van der Waals surface area contributed by atoms with Crippen molar-refractivity contribution in [2.45, 2.75) is 49.5 Å². The summed E-state index contributed by atoms with van der Waals surface area (Å²) >= 11 is 1.48. The molecule has 0 unspecified atom stereocenters. The summed E-state index contributed by atoms with van der Waals surface area (Å²) in [7, 11) is 0. The molecule has 0 spiro atoms. The van der Waals surface area contributed by atoms with Gasteiger partial charge in [0.2, 0.25) is 0 Å². The number of aliphatic hydroxyl groups is 2. The number of amides is 1. The molecule has 170 valence electrons. The molecular weight excluding hydrogens is 432 g/mol. The first-order valence-corrected chi connectivity index (χ1v) is 11.4. The van der Waals surface area contributed by atoms with Gasteiger partial charge in [-0.15, -0.1) is 0 Å². The zero-order chi connectivity index (χ0) is 22.7. The summed E-state index contributed by atoms with van der Waals surface area (Å²) in [4.78, 5) is 25.3. The number of nitrogen functional groups attached to an aromatic ring is 1. The molecule has 5 N–H and O–H groups in total. The number of ether oxygens (including phenoxy) is 1. The number of carbonyl (C=O) groups is 1. The highest BCUT2D eigenvalue weighted by Gasteiger charge is 2.47. The van der Waals surface area contributed by atoms with Crippen LogP contribution in [-0.4, -0.2) is 66.2 Å². The SMILES string of the molecule is CCNC(=O)[C@H]1O[C@@H](n2cnc3c(N)nc(SCCCc4ccccc4)nc32)[C@H](O)[C@@H]1O. The number of nitrogens with one attached hydrogen (secondary N) is 1. The number of aliphatic hydroxyl groups excluding tert-OH is 2. The third kappa shape index (κ3) is 4.56. The molecule has 1 fully saturated rings. The number of aryl methyl sites for hydroxylation is 1. The third-order valence-electron chi connectivity index (χ3n) is 5.23. The van der Waals surface area contributed by atoms with E-state index in [1.807, 2.05) is 18.2 Å². The predicted octanol–water partition coefficient (Wildman–Crippen LogP) is 0.889. The number of likely N-dealkylation sites (N-methyl/N-ethyl adjacent to an activating group) is 1. The molecule has 1 amide bonds. The zero-order valence-electron chi connectivity index (χ0n) is 17.6. The number of rotatable bonds is 8. The molecule has 3 aromatic rings. The standard InChI is InChI=1S/C21H26N6O4S/c1-2-23-19(30)16-14(28)15(29)20(31-16)27-11-24-13-17(22)25-21(26-18(13)27)32-10-6-9-12-7-4-3-5-8-12/h3-5,7-8,11,14-16,20,28-29H,2,6,9-10H2,1H3,(H,23,30)(H2,22,25,26)/t14-,15+,16-,20+/m0/s1. The summed E-state index contributed by atoms with van der Waals surface area (Å²) in [6.45, 7) is 2.14. The number of anilines is 1. The van der Waals surface area contributed by atoms with Gasteiger partial charge < -0.3 is 26.0 Å². The Balaban J connectivity index is 1.50. The van der Waals surface area contributed by atoms with Crippen LogP contribution in [-0.2, 0) is 16.0 Å². The number of carbonyl (C=O) groups excluding carboxylic acids is 1. The molecule has 1 saturated heterocycles. The quantitative estimate of drug-likeness (QED) is 0.219. The van der Waals surface area contributed by atoms with E-state index in [1.165, 1.54) is 28.2 Å². The second kappa shape index (κ2) is 9.82. The smallest absolute Gasteiger partial charge is 0.252 e. The van der Waals surface area contributed by atoms with Crippen molar-refractivity contribution in [2.75, 3.05) is 18.0 Å². The van der Waals surface area contributed by atoms with Crippen molar-refractivity contribution < 1.29 is 19.7 Å². The molecule has 3 heterocycles. The van der Waals surface area contributed by atoms with Crippen LogP contribution in [0.2, 0.25) is 0 Å². The molecule has 0 radical (unpaired) electrons. The van der Waals surface area contributed by atoms with Crippen molar-refractivity contribution in [2.24, 2.45) is 0 Å². The van der Waals surface area contributed by atoms with Crippen LogP contribution in [0, 0.1) is 0 Å². The van der Waals surface area contributed by atoms with Crippen LogP contribution < -0.4 is 11.1 Å². The Labute approximate surface area is 189 Å². The topological polar surface area (TPSA) is 148 Å². The monoisotopic (exact) mass is 458 g/mol. The number of imidazole rings is 1. The molecule has 1 aliphatic rings. The van der Waals surface area contributed by atoms with Gasteiger partial charge in [0.25, 0.3) is 5.91 Å². The molecule has 4 rings (SSSR count). The van der Waals surface area contributed by atoms with E-state index >= 15 is 0 Å². The number of hydrogen-bond acceptors (Lipinski definition) is 9. The number of thioether (sulfide) groups is 1. The van der Waals surface area contributed by atoms with Gasteiger partial charge >= 0.3 is 0 Å². The highest BCUT2D eigenvalue weighted by Crippen LogP contribution is 2.33. The molecule has 0 saturated carbocycles. The second-order valence-electron chi connectivity index (χ2n) is 7.48. The van der Waals surface area contributed by atoms with Gasteiger partial charge in [-0.25, -0.2) is 15.0 Å². The fourth-order valence-electron chi connectivity index (χ4n) is 3.63. The van der Waals surface area contributed by atoms with Crippen LogP contribution in [0.5, 0.6) is 0 Å². The van der Waals surface area contributed by atoms with Gasteiger partial charge in [0.1, 0.15) is 17.7 Å². The number of nitrogens with two attached hydrogens (primary N) is 1. The summed E-state index contributed by atoms with van der Waals surface area (Å²) in [6.07, 6.45) is -1.63. The van der Waals surface area contributed by atoms with Crippen LogP contribution in [0.3, 0.4) is 0 Å². The summed E-state index contributed by atoms with van der Waals surface area (Å²) in [5.74, 6) is 0.525. The lowest BCUT2D eigenvalue weighted by Crippen LogP contribution is -2.42. The van der Waals surface area contributed by atoms with E-state index in [9.17, 15) is 15.0 Å². The van der Waals surface area contributed by atoms with Crippen molar-refractivity contribution >= 4 is 34.7 Å². The first-order valence-electron chi connectivity index (χ1n) is 10.5. The Bertz CT molecular complexity index is 1080. The van der Waals surface area contributed by atoms with Gasteiger partial charge in [-0.3, -0.25) is 9.36 Å². The van der Waals surface area contributed by atoms with Crippen molar-refractivity contribution in [1.29, 1.82) is 0 Å². The summed E-state index contributed by atoms with van der Waals surface area (Å²) in [6, 6.07) is 10.2. The van der Waals surface area contributed by atoms with Crippen molar-refractivity contribution in [3.63, 3.8) is 0 Å². The first-order chi connectivity index (χ1) is 15.5. The average Bonchev–Trinajstić information content (AvgIpc) is 3.34. The molecule has 1 aromatic carbocycles. The maximum absolute atomic E-state index is 12.2. The minimum atomic E-state index is -1.38. The molecule has 4 atom stereocenters. The van der Waals surface area contributed by atoms with Crippen LogP contribution in [0.25, 0.3) is 11.2 Å². The predicted molar refractivity (Wildman–Crippen MR) is 120 cm³/mol. The van der Waals surface area contributed by atoms with E-state index in [0.717, 1.165) is 18.6 Å².